The van der Waals surface area contributed by atoms with Gasteiger partial charge in [-0.2, -0.15) is 0 Å². The molecule has 0 amide bonds. The number of nitrogens with zero attached hydrogens (tertiary/aromatic N) is 1. The van der Waals surface area contributed by atoms with Crippen LogP contribution in [0.2, 0.25) is 0 Å². The first-order valence-corrected chi connectivity index (χ1v) is 8.63. The van der Waals surface area contributed by atoms with Gasteiger partial charge in [0.25, 0.3) is 0 Å². The molecular formula is C8H24N2P2. The molecule has 0 aromatic carbocycles. The summed E-state index contributed by atoms with van der Waals surface area (Å²) in [5.74, 6) is 0. The Morgan fingerprint density at radius 3 is 1.25 bits per heavy atom. The maximum Gasteiger partial charge on any atom is -0.00533 e. The van der Waals surface area contributed by atoms with Crippen LogP contribution in [0.3, 0.4) is 0 Å². The van der Waals surface area contributed by atoms with E-state index in [0.717, 1.165) is 6.54 Å². The second-order valence-corrected chi connectivity index (χ2v) is 7.66. The van der Waals surface area contributed by atoms with E-state index >= 15 is 0 Å². The molecule has 0 saturated carbocycles. The first-order chi connectivity index (χ1) is 5.40. The van der Waals surface area contributed by atoms with E-state index in [1.54, 1.807) is 0 Å². The number of hydrogen-bond donors (Lipinski definition) is 1. The van der Waals surface area contributed by atoms with E-state index in [0.29, 0.717) is 0 Å². The minimum absolute atomic E-state index is 0.139. The van der Waals surface area contributed by atoms with E-state index in [2.05, 4.69) is 57.4 Å². The molecule has 0 heterocycles. The van der Waals surface area contributed by atoms with E-state index in [1.807, 2.05) is 0 Å². The Morgan fingerprint density at radius 1 is 1.00 bits per heavy atom. The molecule has 0 rings (SSSR count). The zero-order chi connectivity index (χ0) is 10.1. The summed E-state index contributed by atoms with van der Waals surface area (Å²) >= 11 is 0. The molecule has 12 heavy (non-hydrogen) atoms. The smallest absolute Gasteiger partial charge is 0.00533 e. The van der Waals surface area contributed by atoms with Crippen LogP contribution < -0.4 is 4.86 Å². The van der Waals surface area contributed by atoms with Gasteiger partial charge < -0.3 is 4.90 Å². The predicted molar refractivity (Wildman–Crippen MR) is 64.9 cm³/mol. The van der Waals surface area contributed by atoms with Crippen LogP contribution in [-0.4, -0.2) is 52.2 Å². The zero-order valence-electron chi connectivity index (χ0n) is 9.55. The maximum absolute atomic E-state index is 3.44. The minimum Gasteiger partial charge on any atom is -0.310 e. The van der Waals surface area contributed by atoms with Gasteiger partial charge in [0.1, 0.15) is 0 Å². The highest BCUT2D eigenvalue weighted by Gasteiger charge is 1.91. The normalized spacial score (nSPS) is 10.5. The van der Waals surface area contributed by atoms with Crippen LogP contribution in [0, 0.1) is 0 Å². The summed E-state index contributed by atoms with van der Waals surface area (Å²) < 4.78 is 0. The molecular weight excluding hydrogens is 186 g/mol. The van der Waals surface area contributed by atoms with Crippen molar-refractivity contribution in [2.24, 2.45) is 0 Å². The van der Waals surface area contributed by atoms with Gasteiger partial charge in [0.2, 0.25) is 0 Å². The lowest BCUT2D eigenvalue weighted by Crippen LogP contribution is -2.08. The van der Waals surface area contributed by atoms with Gasteiger partial charge in [-0.3, -0.25) is 4.86 Å². The van der Waals surface area contributed by atoms with E-state index in [1.165, 1.54) is 0 Å². The lowest BCUT2D eigenvalue weighted by atomic mass is 10.7. The Bertz CT molecular complexity index is 79.1. The molecule has 0 aliphatic carbocycles. The van der Waals surface area contributed by atoms with Gasteiger partial charge in [-0.15, -0.1) is 0 Å². The third-order valence-electron chi connectivity index (χ3n) is 1.03. The summed E-state index contributed by atoms with van der Waals surface area (Å²) in [6.45, 7) is 12.2. The van der Waals surface area contributed by atoms with Crippen molar-refractivity contribution >= 4 is 16.1 Å². The molecule has 1 N–H and O–H groups in total. The Kier molecular flexibility index (Phi) is 12.5. The largest absolute Gasteiger partial charge is 0.310 e. The monoisotopic (exact) mass is 210 g/mol. The molecule has 2 nitrogen and oxygen atoms in total. The predicted octanol–water partition coefficient (Wildman–Crippen LogP) is 2.46. The Morgan fingerprint density at radius 2 is 1.25 bits per heavy atom. The van der Waals surface area contributed by atoms with Gasteiger partial charge in [0, 0.05) is 0 Å². The summed E-state index contributed by atoms with van der Waals surface area (Å²) in [4.78, 5) is 5.56. The van der Waals surface area contributed by atoms with Crippen LogP contribution >= 0.6 is 16.1 Å². The number of hydrogen-bond acceptors (Lipinski definition) is 2. The average Bonchev–Trinajstić information content (AvgIpc) is 1.85. The van der Waals surface area contributed by atoms with Crippen LogP contribution in [-0.2, 0) is 0 Å². The van der Waals surface area contributed by atoms with Gasteiger partial charge in [-0.05, 0) is 63.4 Å². The van der Waals surface area contributed by atoms with Crippen molar-refractivity contribution in [3.05, 3.63) is 0 Å². The first-order valence-electron chi connectivity index (χ1n) is 4.15. The lowest BCUT2D eigenvalue weighted by molar-refractivity contribution is 0.434. The highest BCUT2D eigenvalue weighted by molar-refractivity contribution is 7.69. The van der Waals surface area contributed by atoms with E-state index < -0.39 is 0 Å². The van der Waals surface area contributed by atoms with Crippen molar-refractivity contribution in [1.29, 1.82) is 0 Å². The molecule has 0 atom stereocenters. The van der Waals surface area contributed by atoms with E-state index in [-0.39, 0.29) is 16.1 Å². The molecule has 0 aromatic rings. The fourth-order valence-corrected chi connectivity index (χ4v) is 3.60. The van der Waals surface area contributed by atoms with Crippen molar-refractivity contribution in [2.45, 2.75) is 6.92 Å². The summed E-state index contributed by atoms with van der Waals surface area (Å²) in [6, 6.07) is 0. The maximum atomic E-state index is 3.44. The Hall–Kier alpha value is 0.780. The van der Waals surface area contributed by atoms with E-state index in [4.69, 9.17) is 0 Å². The molecule has 0 unspecified atom stereocenters. The quantitative estimate of drug-likeness (QED) is 0.720. The number of rotatable bonds is 3. The minimum atomic E-state index is 0.139. The van der Waals surface area contributed by atoms with Gasteiger partial charge in [0.15, 0.2) is 0 Å². The van der Waals surface area contributed by atoms with Crippen LogP contribution in [0.1, 0.15) is 6.92 Å². The molecule has 0 radical (unpaired) electrons. The van der Waals surface area contributed by atoms with Gasteiger partial charge >= 0.3 is 0 Å². The third-order valence-corrected chi connectivity index (χ3v) is 4.23. The second-order valence-electron chi connectivity index (χ2n) is 3.28. The first kappa shape index (κ1) is 15.3. The highest BCUT2D eigenvalue weighted by Crippen LogP contribution is 2.32. The van der Waals surface area contributed by atoms with Crippen molar-refractivity contribution < 1.29 is 0 Å². The molecule has 0 bridgehead atoms. The standard InChI is InChI=1S/C4H13NP2.C4H11N/c1-6(2)5-7(3)4;1-4-5(2)3/h5H,1-4H3;4H2,1-3H3. The van der Waals surface area contributed by atoms with Crippen LogP contribution in [0.4, 0.5) is 0 Å². The van der Waals surface area contributed by atoms with Crippen LogP contribution in [0.25, 0.3) is 0 Å². The summed E-state index contributed by atoms with van der Waals surface area (Å²) in [6.07, 6.45) is 0. The third kappa shape index (κ3) is 22.4. The van der Waals surface area contributed by atoms with Gasteiger partial charge in [-0.25, -0.2) is 0 Å². The molecule has 4 heteroatoms. The van der Waals surface area contributed by atoms with Crippen molar-refractivity contribution in [3.63, 3.8) is 0 Å². The number of nitrogens with one attached hydrogen (secondary N) is 1. The average molecular weight is 210 g/mol. The van der Waals surface area contributed by atoms with Crippen molar-refractivity contribution in [1.82, 2.24) is 9.76 Å². The molecule has 0 aliphatic rings. The molecule has 76 valence electrons. The zero-order valence-corrected chi connectivity index (χ0v) is 11.3. The van der Waals surface area contributed by atoms with Crippen LogP contribution in [0.15, 0.2) is 0 Å². The fraction of sp³-hybridized carbons (Fsp3) is 1.00. The van der Waals surface area contributed by atoms with Crippen LogP contribution in [0.5, 0.6) is 0 Å². The second kappa shape index (κ2) is 9.86. The molecule has 0 spiro atoms. The van der Waals surface area contributed by atoms with Gasteiger partial charge in [-0.1, -0.05) is 6.92 Å². The Balaban J connectivity index is 0. The topological polar surface area (TPSA) is 15.3 Å². The lowest BCUT2D eigenvalue weighted by Gasteiger charge is -2.10. The summed E-state index contributed by atoms with van der Waals surface area (Å²) in [5, 5.41) is 0. The summed E-state index contributed by atoms with van der Waals surface area (Å²) in [5.41, 5.74) is 0. The summed E-state index contributed by atoms with van der Waals surface area (Å²) in [7, 11) is 4.39. The Labute approximate surface area is 80.7 Å². The van der Waals surface area contributed by atoms with Crippen molar-refractivity contribution in [3.8, 4) is 0 Å². The highest BCUT2D eigenvalue weighted by atomic mass is 31.2. The molecule has 0 aromatic heterocycles. The van der Waals surface area contributed by atoms with Crippen molar-refractivity contribution in [2.75, 3.05) is 47.3 Å². The van der Waals surface area contributed by atoms with Gasteiger partial charge in [0.05, 0.1) is 0 Å². The fourth-order valence-electron chi connectivity index (χ4n) is 0.400. The molecule has 0 aliphatic heterocycles. The SMILES string of the molecule is CCN(C)C.CP(C)NP(C)C. The van der Waals surface area contributed by atoms with E-state index in [9.17, 15) is 0 Å². The molecule has 0 saturated heterocycles. The molecule has 0 fully saturated rings.